The molecule has 3 rings (SSSR count). The lowest BCUT2D eigenvalue weighted by Crippen LogP contribution is -2.27. The van der Waals surface area contributed by atoms with Gasteiger partial charge in [0.15, 0.2) is 18.1 Å². The summed E-state index contributed by atoms with van der Waals surface area (Å²) in [5.41, 5.74) is 6.64. The van der Waals surface area contributed by atoms with Gasteiger partial charge in [-0.2, -0.15) is 0 Å². The van der Waals surface area contributed by atoms with Crippen LogP contribution in [0.5, 0.6) is 11.5 Å². The van der Waals surface area contributed by atoms with E-state index in [1.165, 1.54) is 4.90 Å². The molecule has 7 nitrogen and oxygen atoms in total. The first-order valence-corrected chi connectivity index (χ1v) is 10.7. The molecule has 0 radical (unpaired) electrons. The van der Waals surface area contributed by atoms with Gasteiger partial charge in [0.05, 0.1) is 18.1 Å². The molecule has 0 unspecified atom stereocenters. The third-order valence-electron chi connectivity index (χ3n) is 4.06. The number of nitrogens with zero attached hydrogens (tertiary/aromatic N) is 1. The number of hydrogen-bond donors (Lipinski definition) is 1. The summed E-state index contributed by atoms with van der Waals surface area (Å²) < 4.78 is 11.8. The molecule has 2 aromatic carbocycles. The fourth-order valence-electron chi connectivity index (χ4n) is 2.71. The van der Waals surface area contributed by atoms with Gasteiger partial charge in [0.25, 0.3) is 17.1 Å². The van der Waals surface area contributed by atoms with Crippen LogP contribution in [-0.4, -0.2) is 35.2 Å². The molecule has 1 aliphatic rings. The maximum absolute atomic E-state index is 12.7. The number of carbonyl (C=O) groups excluding carboxylic acids is 3. The van der Waals surface area contributed by atoms with Crippen LogP contribution >= 0.6 is 27.7 Å². The van der Waals surface area contributed by atoms with Crippen molar-refractivity contribution in [1.29, 1.82) is 0 Å². The van der Waals surface area contributed by atoms with Crippen molar-refractivity contribution >= 4 is 50.8 Å². The van der Waals surface area contributed by atoms with Gasteiger partial charge in [-0.15, -0.1) is 0 Å². The number of carbonyl (C=O) groups is 3. The number of hydrogen-bond acceptors (Lipinski definition) is 6. The van der Waals surface area contributed by atoms with Crippen molar-refractivity contribution in [3.63, 3.8) is 0 Å². The number of halogens is 1. The summed E-state index contributed by atoms with van der Waals surface area (Å²) in [7, 11) is 0. The van der Waals surface area contributed by atoms with Gasteiger partial charge in [-0.3, -0.25) is 19.3 Å². The molecule has 2 aromatic rings. The summed E-state index contributed by atoms with van der Waals surface area (Å²) >= 11 is 4.26. The number of nitrogens with two attached hydrogens (primary N) is 1. The van der Waals surface area contributed by atoms with Crippen LogP contribution in [0.25, 0.3) is 6.08 Å². The zero-order valence-corrected chi connectivity index (χ0v) is 18.5. The Morgan fingerprint density at radius 3 is 2.53 bits per heavy atom. The van der Waals surface area contributed by atoms with Crippen molar-refractivity contribution in [3.8, 4) is 11.5 Å². The summed E-state index contributed by atoms with van der Waals surface area (Å²) in [4.78, 5) is 37.6. The van der Waals surface area contributed by atoms with E-state index in [0.717, 1.165) is 21.8 Å². The third kappa shape index (κ3) is 5.43. The molecule has 0 saturated carbocycles. The highest BCUT2D eigenvalue weighted by molar-refractivity contribution is 9.10. The summed E-state index contributed by atoms with van der Waals surface area (Å²) in [6, 6.07) is 12.5. The van der Waals surface area contributed by atoms with Crippen LogP contribution < -0.4 is 15.2 Å². The van der Waals surface area contributed by atoms with Crippen LogP contribution in [0.15, 0.2) is 51.8 Å². The molecule has 0 spiro atoms. The average Bonchev–Trinajstić information content (AvgIpc) is 2.96. The van der Waals surface area contributed by atoms with E-state index in [2.05, 4.69) is 15.9 Å². The van der Waals surface area contributed by atoms with Gasteiger partial charge in [-0.05, 0) is 60.2 Å². The van der Waals surface area contributed by atoms with Crippen molar-refractivity contribution in [2.24, 2.45) is 5.73 Å². The summed E-state index contributed by atoms with van der Waals surface area (Å²) in [6.07, 6.45) is 1.63. The number of ether oxygens (including phenoxy) is 2. The van der Waals surface area contributed by atoms with E-state index in [-0.39, 0.29) is 24.3 Å². The summed E-state index contributed by atoms with van der Waals surface area (Å²) in [6.45, 7) is 2.14. The molecule has 0 atom stereocenters. The summed E-state index contributed by atoms with van der Waals surface area (Å²) in [5, 5.41) is -0.319. The predicted molar refractivity (Wildman–Crippen MR) is 118 cm³/mol. The zero-order chi connectivity index (χ0) is 21.7. The highest BCUT2D eigenvalue weighted by Crippen LogP contribution is 2.35. The molecule has 1 heterocycles. The maximum Gasteiger partial charge on any atom is 0.293 e. The largest absolute Gasteiger partial charge is 0.490 e. The lowest BCUT2D eigenvalue weighted by Gasteiger charge is -2.12. The van der Waals surface area contributed by atoms with Gasteiger partial charge in [0, 0.05) is 4.47 Å². The number of primary amides is 1. The Morgan fingerprint density at radius 2 is 1.87 bits per heavy atom. The van der Waals surface area contributed by atoms with E-state index in [4.69, 9.17) is 15.2 Å². The zero-order valence-electron chi connectivity index (χ0n) is 16.1. The highest BCUT2D eigenvalue weighted by Gasteiger charge is 2.35. The quantitative estimate of drug-likeness (QED) is 0.562. The first-order chi connectivity index (χ1) is 14.4. The van der Waals surface area contributed by atoms with Crippen molar-refractivity contribution < 1.29 is 23.9 Å². The Hall–Kier alpha value is -2.78. The minimum Gasteiger partial charge on any atom is -0.490 e. The molecule has 0 aromatic heterocycles. The number of rotatable bonds is 8. The Balaban J connectivity index is 1.79. The van der Waals surface area contributed by atoms with Gasteiger partial charge >= 0.3 is 0 Å². The second-order valence-corrected chi connectivity index (χ2v) is 8.20. The van der Waals surface area contributed by atoms with Gasteiger partial charge in [0.2, 0.25) is 0 Å². The lowest BCUT2D eigenvalue weighted by atomic mass is 10.1. The smallest absolute Gasteiger partial charge is 0.293 e. The van der Waals surface area contributed by atoms with Crippen LogP contribution in [0, 0.1) is 0 Å². The highest BCUT2D eigenvalue weighted by atomic mass is 79.9. The third-order valence-corrected chi connectivity index (χ3v) is 5.50. The first-order valence-electron chi connectivity index (χ1n) is 9.05. The molecular weight excluding hydrogens is 472 g/mol. The number of amides is 3. The molecule has 30 heavy (non-hydrogen) atoms. The van der Waals surface area contributed by atoms with Crippen molar-refractivity contribution in [3.05, 3.63) is 63.0 Å². The van der Waals surface area contributed by atoms with E-state index >= 15 is 0 Å². The lowest BCUT2D eigenvalue weighted by molar-refractivity contribution is -0.123. The number of imide groups is 1. The number of thioether (sulfide) groups is 1. The Morgan fingerprint density at radius 1 is 1.13 bits per heavy atom. The SMILES string of the molecule is CCOc1cc(/C=C2\SC(=O)N(Cc3ccc(Br)cc3)C2=O)ccc1OCC(N)=O. The van der Waals surface area contributed by atoms with Gasteiger partial charge < -0.3 is 15.2 Å². The van der Waals surface area contributed by atoms with Gasteiger partial charge in [-0.1, -0.05) is 34.1 Å². The number of benzene rings is 2. The van der Waals surface area contributed by atoms with E-state index < -0.39 is 5.91 Å². The van der Waals surface area contributed by atoms with Gasteiger partial charge in [0.1, 0.15) is 0 Å². The van der Waals surface area contributed by atoms with E-state index in [9.17, 15) is 14.4 Å². The molecule has 0 bridgehead atoms. The maximum atomic E-state index is 12.7. The van der Waals surface area contributed by atoms with E-state index in [1.807, 2.05) is 31.2 Å². The average molecular weight is 491 g/mol. The normalized spacial score (nSPS) is 15.0. The van der Waals surface area contributed by atoms with Crippen LogP contribution in [-0.2, 0) is 16.1 Å². The second kappa shape index (κ2) is 9.82. The molecule has 3 amide bonds. The molecule has 1 saturated heterocycles. The van der Waals surface area contributed by atoms with E-state index in [1.54, 1.807) is 24.3 Å². The molecular formula is C21H19BrN2O5S. The molecule has 156 valence electrons. The Labute approximate surface area is 186 Å². The molecule has 0 aliphatic carbocycles. The van der Waals surface area contributed by atoms with Crippen LogP contribution in [0.2, 0.25) is 0 Å². The van der Waals surface area contributed by atoms with Crippen LogP contribution in [0.3, 0.4) is 0 Å². The Kier molecular flexibility index (Phi) is 7.17. The molecule has 2 N–H and O–H groups in total. The minimum atomic E-state index is -0.596. The first kappa shape index (κ1) is 21.9. The second-order valence-electron chi connectivity index (χ2n) is 6.29. The van der Waals surface area contributed by atoms with Crippen LogP contribution in [0.4, 0.5) is 4.79 Å². The van der Waals surface area contributed by atoms with Crippen molar-refractivity contribution in [2.45, 2.75) is 13.5 Å². The summed E-state index contributed by atoms with van der Waals surface area (Å²) in [5.74, 6) is -0.154. The molecule has 1 aliphatic heterocycles. The van der Waals surface area contributed by atoms with Gasteiger partial charge in [-0.25, -0.2) is 0 Å². The van der Waals surface area contributed by atoms with E-state index in [0.29, 0.717) is 28.6 Å². The standard InChI is InChI=1S/C21H19BrN2O5S/c1-2-28-17-9-14(5-8-16(17)29-12-19(23)25)10-18-20(26)24(21(27)30-18)11-13-3-6-15(22)7-4-13/h3-10H,2,11-12H2,1H3,(H2,23,25)/b18-10-. The molecule has 9 heteroatoms. The van der Waals surface area contributed by atoms with Crippen molar-refractivity contribution in [1.82, 2.24) is 4.90 Å². The fourth-order valence-corrected chi connectivity index (χ4v) is 3.81. The van der Waals surface area contributed by atoms with Crippen molar-refractivity contribution in [2.75, 3.05) is 13.2 Å². The van der Waals surface area contributed by atoms with Crippen LogP contribution in [0.1, 0.15) is 18.1 Å². The monoisotopic (exact) mass is 490 g/mol. The minimum absolute atomic E-state index is 0.208. The molecule has 1 fully saturated rings. The topological polar surface area (TPSA) is 98.9 Å². The Bertz CT molecular complexity index is 1010. The fraction of sp³-hybridized carbons (Fsp3) is 0.190. The predicted octanol–water partition coefficient (Wildman–Crippen LogP) is 3.95.